The van der Waals surface area contributed by atoms with E-state index in [0.29, 0.717) is 22.4 Å². The van der Waals surface area contributed by atoms with Crippen molar-refractivity contribution in [2.24, 2.45) is 0 Å². The van der Waals surface area contributed by atoms with Crippen LogP contribution in [0.2, 0.25) is 0 Å². The van der Waals surface area contributed by atoms with E-state index < -0.39 is 0 Å². The standard InChI is InChI=1S/C26H21FN4OS2/c1-16-22(25-29-24(30-32-25)18-8-12-19(27)13-9-18)23(17-10-14-21(34-2)15-11-17)28-26(33)31(16)20-6-4-3-5-7-20/h3-15,23H,1-2H3,(H,28,33). The minimum absolute atomic E-state index is 0.273. The molecule has 0 saturated carbocycles. The fourth-order valence-corrected chi connectivity index (χ4v) is 4.77. The number of thiocarbonyl (C=S) groups is 1. The van der Waals surface area contributed by atoms with Crippen LogP contribution in [0.25, 0.3) is 17.0 Å². The fourth-order valence-electron chi connectivity index (χ4n) is 4.00. The van der Waals surface area contributed by atoms with Gasteiger partial charge >= 0.3 is 0 Å². The molecule has 1 aliphatic heterocycles. The lowest BCUT2D eigenvalue weighted by Crippen LogP contribution is -2.46. The third-order valence-corrected chi connectivity index (χ3v) is 6.75. The third-order valence-electron chi connectivity index (χ3n) is 5.71. The van der Waals surface area contributed by atoms with E-state index in [9.17, 15) is 4.39 Å². The molecule has 4 aromatic rings. The van der Waals surface area contributed by atoms with E-state index in [2.05, 4.69) is 39.7 Å². The van der Waals surface area contributed by atoms with Gasteiger partial charge < -0.3 is 9.84 Å². The minimum Gasteiger partial charge on any atom is -0.351 e. The lowest BCUT2D eigenvalue weighted by atomic mass is 9.94. The second-order valence-electron chi connectivity index (χ2n) is 7.76. The van der Waals surface area contributed by atoms with Crippen LogP contribution in [0, 0.1) is 5.82 Å². The predicted molar refractivity (Wildman–Crippen MR) is 138 cm³/mol. The summed E-state index contributed by atoms with van der Waals surface area (Å²) < 4.78 is 19.1. The predicted octanol–water partition coefficient (Wildman–Crippen LogP) is 6.46. The van der Waals surface area contributed by atoms with Crippen molar-refractivity contribution in [2.45, 2.75) is 17.9 Å². The van der Waals surface area contributed by atoms with Crippen molar-refractivity contribution >= 4 is 40.4 Å². The number of halogens is 1. The van der Waals surface area contributed by atoms with E-state index in [-0.39, 0.29) is 11.9 Å². The molecule has 0 saturated heterocycles. The molecule has 1 aliphatic rings. The number of aromatic nitrogens is 2. The molecule has 0 spiro atoms. The first-order chi connectivity index (χ1) is 16.5. The highest BCUT2D eigenvalue weighted by atomic mass is 32.2. The number of allylic oxidation sites excluding steroid dienone is 1. The van der Waals surface area contributed by atoms with Crippen LogP contribution in [0.4, 0.5) is 10.1 Å². The average molecular weight is 489 g/mol. The van der Waals surface area contributed by atoms with Crippen molar-refractivity contribution in [3.63, 3.8) is 0 Å². The summed E-state index contributed by atoms with van der Waals surface area (Å²) in [5.74, 6) is 0.459. The Kier molecular flexibility index (Phi) is 6.17. The Balaban J connectivity index is 1.63. The Labute approximate surface area is 206 Å². The molecule has 0 radical (unpaired) electrons. The van der Waals surface area contributed by atoms with Crippen LogP contribution in [-0.4, -0.2) is 21.5 Å². The van der Waals surface area contributed by atoms with E-state index in [1.165, 1.54) is 17.0 Å². The first kappa shape index (κ1) is 22.3. The number of thioether (sulfide) groups is 1. The molecule has 8 heteroatoms. The molecule has 5 rings (SSSR count). The number of hydrogen-bond acceptors (Lipinski definition) is 5. The maximum Gasteiger partial charge on any atom is 0.258 e. The van der Waals surface area contributed by atoms with Crippen LogP contribution in [0.3, 0.4) is 0 Å². The highest BCUT2D eigenvalue weighted by molar-refractivity contribution is 7.98. The van der Waals surface area contributed by atoms with Crippen molar-refractivity contribution in [2.75, 3.05) is 11.2 Å². The molecule has 3 aromatic carbocycles. The Morgan fingerprint density at radius 3 is 2.38 bits per heavy atom. The number of rotatable bonds is 5. The molecule has 1 aromatic heterocycles. The van der Waals surface area contributed by atoms with Crippen molar-refractivity contribution in [3.8, 4) is 11.4 Å². The summed E-state index contributed by atoms with van der Waals surface area (Å²) in [5, 5.41) is 8.23. The first-order valence-corrected chi connectivity index (χ1v) is 12.3. The van der Waals surface area contributed by atoms with Gasteiger partial charge in [0.2, 0.25) is 5.82 Å². The number of anilines is 1. The van der Waals surface area contributed by atoms with Crippen LogP contribution >= 0.6 is 24.0 Å². The summed E-state index contributed by atoms with van der Waals surface area (Å²) in [7, 11) is 0. The summed E-state index contributed by atoms with van der Waals surface area (Å²) in [6, 6.07) is 24.0. The number of benzene rings is 3. The molecule has 0 amide bonds. The topological polar surface area (TPSA) is 54.2 Å². The van der Waals surface area contributed by atoms with Crippen molar-refractivity contribution in [1.82, 2.24) is 15.5 Å². The zero-order valence-electron chi connectivity index (χ0n) is 18.5. The Morgan fingerprint density at radius 1 is 1.00 bits per heavy atom. The lowest BCUT2D eigenvalue weighted by Gasteiger charge is -2.37. The molecule has 34 heavy (non-hydrogen) atoms. The lowest BCUT2D eigenvalue weighted by molar-refractivity contribution is 0.404. The van der Waals surface area contributed by atoms with Crippen molar-refractivity contribution < 1.29 is 8.91 Å². The van der Waals surface area contributed by atoms with Crippen LogP contribution in [0.15, 0.2) is 94.0 Å². The summed E-state index contributed by atoms with van der Waals surface area (Å²) in [6.07, 6.45) is 2.05. The van der Waals surface area contributed by atoms with E-state index >= 15 is 0 Å². The summed E-state index contributed by atoms with van der Waals surface area (Å²) in [6.45, 7) is 2.00. The van der Waals surface area contributed by atoms with Gasteiger partial charge in [-0.15, -0.1) is 11.8 Å². The van der Waals surface area contributed by atoms with Gasteiger partial charge in [-0.3, -0.25) is 4.90 Å². The molecular formula is C26H21FN4OS2. The molecule has 0 bridgehead atoms. The monoisotopic (exact) mass is 488 g/mol. The average Bonchev–Trinajstić information content (AvgIpc) is 3.34. The van der Waals surface area contributed by atoms with E-state index in [1.807, 2.05) is 48.4 Å². The zero-order valence-corrected chi connectivity index (χ0v) is 20.2. The van der Waals surface area contributed by atoms with Gasteiger partial charge in [0, 0.05) is 21.8 Å². The molecule has 0 aliphatic carbocycles. The van der Waals surface area contributed by atoms with Gasteiger partial charge in [-0.25, -0.2) is 4.39 Å². The SMILES string of the molecule is CSc1ccc(C2NC(=S)N(c3ccccc3)C(C)=C2c2nc(-c3ccc(F)cc3)no2)cc1. The molecule has 1 unspecified atom stereocenters. The Morgan fingerprint density at radius 2 is 1.71 bits per heavy atom. The van der Waals surface area contributed by atoms with Gasteiger partial charge in [0.1, 0.15) is 5.82 Å². The minimum atomic E-state index is -0.316. The van der Waals surface area contributed by atoms with Gasteiger partial charge in [-0.2, -0.15) is 4.98 Å². The quantitative estimate of drug-likeness (QED) is 0.255. The Hall–Kier alpha value is -3.49. The smallest absolute Gasteiger partial charge is 0.258 e. The second kappa shape index (κ2) is 9.40. The van der Waals surface area contributed by atoms with Gasteiger partial charge in [0.05, 0.1) is 11.6 Å². The molecule has 5 nitrogen and oxygen atoms in total. The summed E-state index contributed by atoms with van der Waals surface area (Å²) >= 11 is 7.47. The number of nitrogens with zero attached hydrogens (tertiary/aromatic N) is 3. The molecule has 170 valence electrons. The Bertz CT molecular complexity index is 1350. The van der Waals surface area contributed by atoms with Gasteiger partial charge in [0.25, 0.3) is 5.89 Å². The largest absolute Gasteiger partial charge is 0.351 e. The number of nitrogens with one attached hydrogen (secondary N) is 1. The molecular weight excluding hydrogens is 467 g/mol. The summed E-state index contributed by atoms with van der Waals surface area (Å²) in [5.41, 5.74) is 4.36. The number of para-hydroxylation sites is 1. The van der Waals surface area contributed by atoms with E-state index in [0.717, 1.165) is 22.5 Å². The van der Waals surface area contributed by atoms with E-state index in [4.69, 9.17) is 16.7 Å². The molecule has 0 fully saturated rings. The summed E-state index contributed by atoms with van der Waals surface area (Å²) in [4.78, 5) is 7.82. The first-order valence-electron chi connectivity index (χ1n) is 10.7. The maximum atomic E-state index is 13.4. The highest BCUT2D eigenvalue weighted by Crippen LogP contribution is 2.39. The third kappa shape index (κ3) is 4.22. The van der Waals surface area contributed by atoms with Crippen LogP contribution in [0.1, 0.15) is 24.4 Å². The molecule has 2 heterocycles. The molecule has 1 N–H and O–H groups in total. The van der Waals surface area contributed by atoms with E-state index in [1.54, 1.807) is 23.9 Å². The van der Waals surface area contributed by atoms with Gasteiger partial charge in [0.15, 0.2) is 5.11 Å². The van der Waals surface area contributed by atoms with Crippen molar-refractivity contribution in [3.05, 3.63) is 102 Å². The van der Waals surface area contributed by atoms with Gasteiger partial charge in [-0.05, 0) is 79.5 Å². The fraction of sp³-hybridized carbons (Fsp3) is 0.115. The van der Waals surface area contributed by atoms with Crippen LogP contribution in [-0.2, 0) is 0 Å². The van der Waals surface area contributed by atoms with Gasteiger partial charge in [-0.1, -0.05) is 35.5 Å². The van der Waals surface area contributed by atoms with Crippen LogP contribution < -0.4 is 10.2 Å². The van der Waals surface area contributed by atoms with Crippen LogP contribution in [0.5, 0.6) is 0 Å². The maximum absolute atomic E-state index is 13.4. The zero-order chi connectivity index (χ0) is 23.7. The van der Waals surface area contributed by atoms with Crippen molar-refractivity contribution in [1.29, 1.82) is 0 Å². The normalized spacial score (nSPS) is 16.0. The highest BCUT2D eigenvalue weighted by Gasteiger charge is 2.34. The molecule has 1 atom stereocenters. The second-order valence-corrected chi connectivity index (χ2v) is 9.02. The number of hydrogen-bond donors (Lipinski definition) is 1.